The molecule has 2 amide bonds. The fourth-order valence-electron chi connectivity index (χ4n) is 3.21. The van der Waals surface area contributed by atoms with Crippen molar-refractivity contribution in [2.24, 2.45) is 0 Å². The first-order valence-electron chi connectivity index (χ1n) is 8.08. The predicted molar refractivity (Wildman–Crippen MR) is 84.2 cm³/mol. The zero-order valence-electron chi connectivity index (χ0n) is 12.8. The summed E-state index contributed by atoms with van der Waals surface area (Å²) in [6.07, 6.45) is 2.00. The molecular formula is C17H23N3O2. The number of likely N-dealkylation sites (tertiary alicyclic amines) is 1. The molecule has 0 aromatic heterocycles. The van der Waals surface area contributed by atoms with Crippen molar-refractivity contribution in [2.75, 3.05) is 32.7 Å². The first-order valence-corrected chi connectivity index (χ1v) is 8.08. The van der Waals surface area contributed by atoms with Crippen molar-refractivity contribution in [3.05, 3.63) is 35.9 Å². The number of hydrogen-bond acceptors (Lipinski definition) is 3. The normalized spacial score (nSPS) is 22.2. The molecule has 1 aromatic carbocycles. The maximum absolute atomic E-state index is 12.4. The molecule has 2 aliphatic rings. The van der Waals surface area contributed by atoms with Crippen LogP contribution in [0.3, 0.4) is 0 Å². The minimum Gasteiger partial charge on any atom is -0.342 e. The lowest BCUT2D eigenvalue weighted by Crippen LogP contribution is -2.48. The molecule has 1 aromatic rings. The van der Waals surface area contributed by atoms with Crippen molar-refractivity contribution >= 4 is 11.8 Å². The smallest absolute Gasteiger partial charge is 0.224 e. The van der Waals surface area contributed by atoms with Crippen molar-refractivity contribution in [3.8, 4) is 0 Å². The molecule has 2 aliphatic heterocycles. The third-order valence-electron chi connectivity index (χ3n) is 4.50. The lowest BCUT2D eigenvalue weighted by atomic mass is 10.0. The number of nitrogens with one attached hydrogen (secondary N) is 1. The molecule has 0 saturated carbocycles. The van der Waals surface area contributed by atoms with Gasteiger partial charge in [-0.15, -0.1) is 0 Å². The Balaban J connectivity index is 1.53. The van der Waals surface area contributed by atoms with Crippen LogP contribution in [0, 0.1) is 0 Å². The molecule has 5 heteroatoms. The van der Waals surface area contributed by atoms with Crippen LogP contribution in [0.1, 0.15) is 30.9 Å². The summed E-state index contributed by atoms with van der Waals surface area (Å²) < 4.78 is 0. The maximum atomic E-state index is 12.4. The van der Waals surface area contributed by atoms with Gasteiger partial charge in [-0.2, -0.15) is 0 Å². The van der Waals surface area contributed by atoms with Gasteiger partial charge in [-0.1, -0.05) is 30.3 Å². The van der Waals surface area contributed by atoms with E-state index in [0.29, 0.717) is 25.9 Å². The van der Waals surface area contributed by atoms with E-state index < -0.39 is 0 Å². The van der Waals surface area contributed by atoms with Crippen LogP contribution in [0.2, 0.25) is 0 Å². The molecule has 2 fully saturated rings. The van der Waals surface area contributed by atoms with Gasteiger partial charge < -0.3 is 15.1 Å². The maximum Gasteiger partial charge on any atom is 0.224 e. The second-order valence-corrected chi connectivity index (χ2v) is 5.99. The number of amides is 2. The van der Waals surface area contributed by atoms with Crippen LogP contribution < -0.4 is 5.32 Å². The third-order valence-corrected chi connectivity index (χ3v) is 4.50. The average molecular weight is 301 g/mol. The predicted octanol–water partition coefficient (Wildman–Crippen LogP) is 1.17. The molecule has 22 heavy (non-hydrogen) atoms. The highest BCUT2D eigenvalue weighted by molar-refractivity contribution is 5.80. The Morgan fingerprint density at radius 3 is 2.77 bits per heavy atom. The molecule has 2 saturated heterocycles. The van der Waals surface area contributed by atoms with Crippen LogP contribution in [0.4, 0.5) is 0 Å². The highest BCUT2D eigenvalue weighted by Crippen LogP contribution is 2.18. The zero-order chi connectivity index (χ0) is 15.4. The molecule has 5 nitrogen and oxygen atoms in total. The third kappa shape index (κ3) is 3.47. The second kappa shape index (κ2) is 6.92. The fraction of sp³-hybridized carbons (Fsp3) is 0.529. The summed E-state index contributed by atoms with van der Waals surface area (Å²) in [5.41, 5.74) is 1.22. The number of nitrogens with zero attached hydrogens (tertiary/aromatic N) is 2. The minimum absolute atomic E-state index is 0.155. The van der Waals surface area contributed by atoms with Gasteiger partial charge in [0.1, 0.15) is 0 Å². The molecule has 3 rings (SSSR count). The number of carbonyl (C=O) groups is 2. The van der Waals surface area contributed by atoms with Gasteiger partial charge in [0.15, 0.2) is 0 Å². The summed E-state index contributed by atoms with van der Waals surface area (Å²) >= 11 is 0. The van der Waals surface area contributed by atoms with Crippen LogP contribution in [0.5, 0.6) is 0 Å². The lowest BCUT2D eigenvalue weighted by molar-refractivity contribution is -0.133. The van der Waals surface area contributed by atoms with E-state index in [1.807, 2.05) is 28.0 Å². The van der Waals surface area contributed by atoms with Gasteiger partial charge in [-0.3, -0.25) is 9.59 Å². The molecule has 0 radical (unpaired) electrons. The van der Waals surface area contributed by atoms with Crippen molar-refractivity contribution in [1.29, 1.82) is 0 Å². The van der Waals surface area contributed by atoms with Crippen LogP contribution in [-0.4, -0.2) is 54.3 Å². The fourth-order valence-corrected chi connectivity index (χ4v) is 3.21. The van der Waals surface area contributed by atoms with Gasteiger partial charge in [0.05, 0.1) is 0 Å². The Morgan fingerprint density at radius 2 is 2.05 bits per heavy atom. The largest absolute Gasteiger partial charge is 0.342 e. The molecule has 0 unspecified atom stereocenters. The quantitative estimate of drug-likeness (QED) is 0.908. The second-order valence-electron chi connectivity index (χ2n) is 5.99. The molecule has 0 bridgehead atoms. The molecule has 2 heterocycles. The van der Waals surface area contributed by atoms with Crippen LogP contribution in [0.25, 0.3) is 0 Å². The van der Waals surface area contributed by atoms with E-state index in [9.17, 15) is 9.59 Å². The van der Waals surface area contributed by atoms with E-state index in [1.165, 1.54) is 5.56 Å². The van der Waals surface area contributed by atoms with Crippen molar-refractivity contribution in [3.63, 3.8) is 0 Å². The Hall–Kier alpha value is -1.88. The highest BCUT2D eigenvalue weighted by Gasteiger charge is 2.26. The van der Waals surface area contributed by atoms with Gasteiger partial charge in [0.2, 0.25) is 11.8 Å². The SMILES string of the molecule is O=C1CCCN1CCC(=O)N1CCN[C@H](c2ccccc2)C1. The van der Waals surface area contributed by atoms with Gasteiger partial charge in [-0.25, -0.2) is 0 Å². The molecule has 0 spiro atoms. The number of rotatable bonds is 4. The number of benzene rings is 1. The van der Waals surface area contributed by atoms with Crippen LogP contribution in [-0.2, 0) is 9.59 Å². The Morgan fingerprint density at radius 1 is 1.23 bits per heavy atom. The molecule has 1 N–H and O–H groups in total. The van der Waals surface area contributed by atoms with Crippen molar-refractivity contribution in [1.82, 2.24) is 15.1 Å². The highest BCUT2D eigenvalue weighted by atomic mass is 16.2. The number of carbonyl (C=O) groups excluding carboxylic acids is 2. The van der Waals surface area contributed by atoms with Gasteiger partial charge in [0.25, 0.3) is 0 Å². The molecule has 118 valence electrons. The van der Waals surface area contributed by atoms with Gasteiger partial charge in [-0.05, 0) is 12.0 Å². The Bertz CT molecular complexity index is 532. The molecular weight excluding hydrogens is 278 g/mol. The molecule has 1 atom stereocenters. The summed E-state index contributed by atoms with van der Waals surface area (Å²) in [6, 6.07) is 10.4. The summed E-state index contributed by atoms with van der Waals surface area (Å²) in [4.78, 5) is 27.7. The molecule has 0 aliphatic carbocycles. The lowest BCUT2D eigenvalue weighted by Gasteiger charge is -2.34. The summed E-state index contributed by atoms with van der Waals surface area (Å²) in [7, 11) is 0. The summed E-state index contributed by atoms with van der Waals surface area (Å²) in [5, 5.41) is 3.47. The van der Waals surface area contributed by atoms with Crippen LogP contribution in [0.15, 0.2) is 30.3 Å². The zero-order valence-corrected chi connectivity index (χ0v) is 12.8. The van der Waals surface area contributed by atoms with Crippen LogP contribution >= 0.6 is 0 Å². The standard InChI is InChI=1S/C17H23N3O2/c21-16-7-4-10-19(16)11-8-17(22)20-12-9-18-15(13-20)14-5-2-1-3-6-14/h1-3,5-6,15,18H,4,7-13H2/t15-/m0/s1. The van der Waals surface area contributed by atoms with E-state index in [-0.39, 0.29) is 17.9 Å². The Labute approximate surface area is 131 Å². The van der Waals surface area contributed by atoms with Crippen molar-refractivity contribution < 1.29 is 9.59 Å². The van der Waals surface area contributed by atoms with Gasteiger partial charge in [0, 0.05) is 51.6 Å². The van der Waals surface area contributed by atoms with E-state index in [1.54, 1.807) is 0 Å². The van der Waals surface area contributed by atoms with E-state index in [4.69, 9.17) is 0 Å². The van der Waals surface area contributed by atoms with Crippen molar-refractivity contribution in [2.45, 2.75) is 25.3 Å². The monoisotopic (exact) mass is 301 g/mol. The number of hydrogen-bond donors (Lipinski definition) is 1. The average Bonchev–Trinajstić information content (AvgIpc) is 2.99. The van der Waals surface area contributed by atoms with Gasteiger partial charge >= 0.3 is 0 Å². The summed E-state index contributed by atoms with van der Waals surface area (Å²) in [6.45, 7) is 3.64. The van der Waals surface area contributed by atoms with E-state index in [2.05, 4.69) is 17.4 Å². The number of piperazine rings is 1. The summed E-state index contributed by atoms with van der Waals surface area (Å²) in [5.74, 6) is 0.345. The first-order chi connectivity index (χ1) is 10.7. The topological polar surface area (TPSA) is 52.7 Å². The van der Waals surface area contributed by atoms with E-state index >= 15 is 0 Å². The minimum atomic E-state index is 0.155. The Kier molecular flexibility index (Phi) is 4.73. The first kappa shape index (κ1) is 15.0. The van der Waals surface area contributed by atoms with E-state index in [0.717, 1.165) is 26.1 Å².